The van der Waals surface area contributed by atoms with Crippen LogP contribution in [0.25, 0.3) is 0 Å². The van der Waals surface area contributed by atoms with E-state index in [0.717, 1.165) is 11.4 Å². The normalized spacial score (nSPS) is 10.2. The number of para-hydroxylation sites is 2. The first-order valence-corrected chi connectivity index (χ1v) is 7.61. The Morgan fingerprint density at radius 2 is 1.46 bits per heavy atom. The van der Waals surface area contributed by atoms with Crippen LogP contribution in [0.3, 0.4) is 0 Å². The number of nitrogens with one attached hydrogen (secondary N) is 2. The second-order valence-corrected chi connectivity index (χ2v) is 5.50. The Morgan fingerprint density at radius 1 is 0.833 bits per heavy atom. The van der Waals surface area contributed by atoms with Crippen LogP contribution in [0.4, 0.5) is 21.5 Å². The average Bonchev–Trinajstić information content (AvgIpc) is 2.59. The maximum atomic E-state index is 13.0. The Bertz CT molecular complexity index is 842. The van der Waals surface area contributed by atoms with Crippen molar-refractivity contribution in [2.24, 2.45) is 0 Å². The molecule has 0 heterocycles. The van der Waals surface area contributed by atoms with E-state index in [4.69, 9.17) is 0 Å². The van der Waals surface area contributed by atoms with Crippen LogP contribution in [0.5, 0.6) is 0 Å². The lowest BCUT2D eigenvalue weighted by atomic mass is 10.2. The van der Waals surface area contributed by atoms with Crippen molar-refractivity contribution in [2.45, 2.75) is 6.92 Å². The first kappa shape index (κ1) is 15.7. The SMILES string of the molecule is Cc1ccc(Nc2ccccc2NC(=O)c2ccc(F)cc2)cc1. The van der Waals surface area contributed by atoms with Gasteiger partial charge in [0.05, 0.1) is 11.4 Å². The van der Waals surface area contributed by atoms with E-state index < -0.39 is 0 Å². The molecular weight excluding hydrogens is 303 g/mol. The molecule has 3 nitrogen and oxygen atoms in total. The van der Waals surface area contributed by atoms with Gasteiger partial charge in [0, 0.05) is 11.3 Å². The van der Waals surface area contributed by atoms with Gasteiger partial charge in [-0.25, -0.2) is 4.39 Å². The van der Waals surface area contributed by atoms with Crippen molar-refractivity contribution >= 4 is 23.0 Å². The predicted molar refractivity (Wildman–Crippen MR) is 95.3 cm³/mol. The third-order valence-corrected chi connectivity index (χ3v) is 3.61. The first-order chi connectivity index (χ1) is 11.6. The lowest BCUT2D eigenvalue weighted by Crippen LogP contribution is -2.13. The Kier molecular flexibility index (Phi) is 4.57. The highest BCUT2D eigenvalue weighted by Crippen LogP contribution is 2.26. The molecule has 3 aromatic rings. The number of halogens is 1. The van der Waals surface area contributed by atoms with Gasteiger partial charge >= 0.3 is 0 Å². The largest absolute Gasteiger partial charge is 0.354 e. The molecule has 0 aliphatic carbocycles. The second kappa shape index (κ2) is 6.96. The summed E-state index contributed by atoms with van der Waals surface area (Å²) in [4.78, 5) is 12.3. The molecule has 0 saturated heterocycles. The van der Waals surface area contributed by atoms with Crippen molar-refractivity contribution in [1.29, 1.82) is 0 Å². The zero-order valence-corrected chi connectivity index (χ0v) is 13.2. The van der Waals surface area contributed by atoms with Gasteiger partial charge in [-0.05, 0) is 55.5 Å². The molecule has 0 radical (unpaired) electrons. The summed E-state index contributed by atoms with van der Waals surface area (Å²) in [7, 11) is 0. The summed E-state index contributed by atoms with van der Waals surface area (Å²) in [6, 6.07) is 20.9. The topological polar surface area (TPSA) is 41.1 Å². The fourth-order valence-corrected chi connectivity index (χ4v) is 2.29. The molecule has 0 saturated carbocycles. The smallest absolute Gasteiger partial charge is 0.255 e. The van der Waals surface area contributed by atoms with Crippen molar-refractivity contribution in [3.8, 4) is 0 Å². The predicted octanol–water partition coefficient (Wildman–Crippen LogP) is 5.13. The number of benzene rings is 3. The average molecular weight is 320 g/mol. The van der Waals surface area contributed by atoms with E-state index in [9.17, 15) is 9.18 Å². The molecule has 0 unspecified atom stereocenters. The molecule has 3 aromatic carbocycles. The van der Waals surface area contributed by atoms with Gasteiger partial charge in [0.1, 0.15) is 5.82 Å². The summed E-state index contributed by atoms with van der Waals surface area (Å²) in [5.41, 5.74) is 3.97. The number of carbonyl (C=O) groups is 1. The standard InChI is InChI=1S/C20H17FN2O/c1-14-6-12-17(13-7-14)22-18-4-2-3-5-19(18)23-20(24)15-8-10-16(21)11-9-15/h2-13,22H,1H3,(H,23,24). The van der Waals surface area contributed by atoms with Crippen molar-refractivity contribution in [1.82, 2.24) is 0 Å². The number of anilines is 3. The molecule has 2 N–H and O–H groups in total. The molecule has 24 heavy (non-hydrogen) atoms. The quantitative estimate of drug-likeness (QED) is 0.699. The molecule has 0 bridgehead atoms. The molecule has 0 spiro atoms. The second-order valence-electron chi connectivity index (χ2n) is 5.50. The molecule has 4 heteroatoms. The van der Waals surface area contributed by atoms with E-state index in [-0.39, 0.29) is 11.7 Å². The van der Waals surface area contributed by atoms with Crippen LogP contribution in [0, 0.1) is 12.7 Å². The maximum absolute atomic E-state index is 13.0. The van der Waals surface area contributed by atoms with Crippen LogP contribution in [-0.2, 0) is 0 Å². The maximum Gasteiger partial charge on any atom is 0.255 e. The zero-order valence-electron chi connectivity index (χ0n) is 13.2. The van der Waals surface area contributed by atoms with Gasteiger partial charge in [0.25, 0.3) is 5.91 Å². The summed E-state index contributed by atoms with van der Waals surface area (Å²) in [6.07, 6.45) is 0. The Balaban J connectivity index is 1.79. The summed E-state index contributed by atoms with van der Waals surface area (Å²) >= 11 is 0. The molecule has 0 aromatic heterocycles. The fourth-order valence-electron chi connectivity index (χ4n) is 2.29. The van der Waals surface area contributed by atoms with Crippen molar-refractivity contribution in [3.05, 3.63) is 89.7 Å². The van der Waals surface area contributed by atoms with Gasteiger partial charge in [-0.1, -0.05) is 29.8 Å². The molecule has 0 aliphatic heterocycles. The van der Waals surface area contributed by atoms with E-state index in [0.29, 0.717) is 11.3 Å². The van der Waals surface area contributed by atoms with Gasteiger partial charge in [-0.15, -0.1) is 0 Å². The molecule has 0 fully saturated rings. The minimum absolute atomic E-state index is 0.284. The number of amides is 1. The third-order valence-electron chi connectivity index (χ3n) is 3.61. The van der Waals surface area contributed by atoms with E-state index >= 15 is 0 Å². The lowest BCUT2D eigenvalue weighted by Gasteiger charge is -2.13. The number of aryl methyl sites for hydroxylation is 1. The highest BCUT2D eigenvalue weighted by Gasteiger charge is 2.09. The summed E-state index contributed by atoms with van der Waals surface area (Å²) in [5.74, 6) is -0.652. The monoisotopic (exact) mass is 320 g/mol. The minimum atomic E-state index is -0.368. The minimum Gasteiger partial charge on any atom is -0.354 e. The van der Waals surface area contributed by atoms with Crippen LogP contribution in [0.2, 0.25) is 0 Å². The molecule has 0 atom stereocenters. The summed E-state index contributed by atoms with van der Waals surface area (Å²) < 4.78 is 13.0. The van der Waals surface area contributed by atoms with E-state index in [1.54, 1.807) is 0 Å². The molecule has 0 aliphatic rings. The molecular formula is C20H17FN2O. The van der Waals surface area contributed by atoms with Crippen LogP contribution in [-0.4, -0.2) is 5.91 Å². The van der Waals surface area contributed by atoms with Gasteiger partial charge in [0.2, 0.25) is 0 Å². The highest BCUT2D eigenvalue weighted by molar-refractivity contribution is 6.06. The molecule has 1 amide bonds. The van der Waals surface area contributed by atoms with Crippen molar-refractivity contribution < 1.29 is 9.18 Å². The number of hydrogen-bond donors (Lipinski definition) is 2. The third kappa shape index (κ3) is 3.79. The van der Waals surface area contributed by atoms with E-state index in [1.807, 2.05) is 55.5 Å². The van der Waals surface area contributed by atoms with Gasteiger partial charge in [-0.3, -0.25) is 4.79 Å². The Morgan fingerprint density at radius 3 is 2.12 bits per heavy atom. The van der Waals surface area contributed by atoms with Gasteiger partial charge in [0.15, 0.2) is 0 Å². The van der Waals surface area contributed by atoms with Gasteiger partial charge < -0.3 is 10.6 Å². The van der Waals surface area contributed by atoms with Crippen molar-refractivity contribution in [3.63, 3.8) is 0 Å². The summed E-state index contributed by atoms with van der Waals surface area (Å²) in [5, 5.41) is 6.14. The van der Waals surface area contributed by atoms with Crippen LogP contribution < -0.4 is 10.6 Å². The lowest BCUT2D eigenvalue weighted by molar-refractivity contribution is 0.102. The van der Waals surface area contributed by atoms with E-state index in [1.165, 1.54) is 29.8 Å². The first-order valence-electron chi connectivity index (χ1n) is 7.61. The van der Waals surface area contributed by atoms with E-state index in [2.05, 4.69) is 10.6 Å². The van der Waals surface area contributed by atoms with Crippen molar-refractivity contribution in [2.75, 3.05) is 10.6 Å². The fraction of sp³-hybridized carbons (Fsp3) is 0.0500. The molecule has 3 rings (SSSR count). The van der Waals surface area contributed by atoms with Gasteiger partial charge in [-0.2, -0.15) is 0 Å². The van der Waals surface area contributed by atoms with Crippen LogP contribution >= 0.6 is 0 Å². The Hall–Kier alpha value is -3.14. The Labute approximate surface area is 140 Å². The van der Waals surface area contributed by atoms with Crippen LogP contribution in [0.1, 0.15) is 15.9 Å². The number of rotatable bonds is 4. The number of carbonyl (C=O) groups excluding carboxylic acids is 1. The number of hydrogen-bond acceptors (Lipinski definition) is 2. The summed E-state index contributed by atoms with van der Waals surface area (Å²) in [6.45, 7) is 2.03. The highest BCUT2D eigenvalue weighted by atomic mass is 19.1. The zero-order chi connectivity index (χ0) is 16.9. The van der Waals surface area contributed by atoms with Crippen LogP contribution in [0.15, 0.2) is 72.8 Å². The molecule has 120 valence electrons.